The van der Waals surface area contributed by atoms with Gasteiger partial charge >= 0.3 is 0 Å². The molecule has 0 aliphatic carbocycles. The zero-order valence-corrected chi connectivity index (χ0v) is 24.0. The fourth-order valence-electron chi connectivity index (χ4n) is 5.72. The van der Waals surface area contributed by atoms with Gasteiger partial charge in [-0.1, -0.05) is 53.6 Å². The third kappa shape index (κ3) is 3.94. The molecule has 0 unspecified atom stereocenters. The van der Waals surface area contributed by atoms with Crippen LogP contribution in [0.2, 0.25) is 0 Å². The molecule has 5 aromatic carbocycles. The van der Waals surface area contributed by atoms with E-state index in [1.54, 1.807) is 22.7 Å². The van der Waals surface area contributed by atoms with Crippen LogP contribution in [0, 0.1) is 27.7 Å². The third-order valence-electron chi connectivity index (χ3n) is 7.60. The first-order chi connectivity index (χ1) is 18.9. The molecule has 0 bridgehead atoms. The van der Waals surface area contributed by atoms with Gasteiger partial charge in [0.1, 0.15) is 0 Å². The summed E-state index contributed by atoms with van der Waals surface area (Å²) in [4.78, 5) is 15.7. The highest BCUT2D eigenvalue weighted by Crippen LogP contribution is 2.43. The van der Waals surface area contributed by atoms with E-state index in [0.717, 1.165) is 30.6 Å². The summed E-state index contributed by atoms with van der Waals surface area (Å²) < 4.78 is 4.45. The van der Waals surface area contributed by atoms with E-state index in [1.807, 2.05) is 24.3 Å². The molecule has 0 atom stereocenters. The van der Waals surface area contributed by atoms with Crippen molar-refractivity contribution in [1.82, 2.24) is 0 Å². The second-order valence-electron chi connectivity index (χ2n) is 10.5. The Balaban J connectivity index is 1.46. The molecule has 0 radical (unpaired) electrons. The van der Waals surface area contributed by atoms with Gasteiger partial charge in [0.05, 0.1) is 0 Å². The summed E-state index contributed by atoms with van der Waals surface area (Å²) in [6, 6.07) is 32.4. The minimum Gasteiger partial charge on any atom is -0.310 e. The zero-order chi connectivity index (χ0) is 26.8. The van der Waals surface area contributed by atoms with Crippen molar-refractivity contribution in [1.29, 1.82) is 0 Å². The molecule has 7 rings (SSSR count). The lowest BCUT2D eigenvalue weighted by atomic mass is 10.0. The summed E-state index contributed by atoms with van der Waals surface area (Å²) in [5, 5.41) is 4.06. The molecule has 7 aromatic rings. The van der Waals surface area contributed by atoms with Gasteiger partial charge < -0.3 is 4.90 Å². The lowest BCUT2D eigenvalue weighted by Crippen LogP contribution is -2.12. The van der Waals surface area contributed by atoms with Crippen molar-refractivity contribution < 1.29 is 0 Å². The molecular formula is C35H27NOS2. The SMILES string of the molecule is Cc1ccc(N(c2ccc3c(c2)sc2cc4c(=O)c5ccccc5sc4cc23)c2ccc(C)cc2C)c(C)c1. The van der Waals surface area contributed by atoms with Gasteiger partial charge in [0.15, 0.2) is 5.43 Å². The van der Waals surface area contributed by atoms with Crippen LogP contribution in [0.5, 0.6) is 0 Å². The predicted molar refractivity (Wildman–Crippen MR) is 172 cm³/mol. The average Bonchev–Trinajstić information content (AvgIpc) is 3.27. The van der Waals surface area contributed by atoms with E-state index in [9.17, 15) is 4.79 Å². The number of nitrogens with zero attached hydrogens (tertiary/aromatic N) is 1. The Hall–Kier alpha value is -3.99. The Morgan fingerprint density at radius 1 is 0.513 bits per heavy atom. The van der Waals surface area contributed by atoms with E-state index in [4.69, 9.17) is 0 Å². The number of anilines is 3. The topological polar surface area (TPSA) is 20.3 Å². The smallest absolute Gasteiger partial charge is 0.195 e. The quantitative estimate of drug-likeness (QED) is 0.207. The van der Waals surface area contributed by atoms with E-state index in [1.165, 1.54) is 49.1 Å². The summed E-state index contributed by atoms with van der Waals surface area (Å²) in [5.41, 5.74) is 8.63. The first kappa shape index (κ1) is 24.1. The average molecular weight is 542 g/mol. The molecule has 0 N–H and O–H groups in total. The van der Waals surface area contributed by atoms with Gasteiger partial charge in [-0.15, -0.1) is 22.7 Å². The fraction of sp³-hybridized carbons (Fsp3) is 0.114. The summed E-state index contributed by atoms with van der Waals surface area (Å²) in [6.07, 6.45) is 0. The van der Waals surface area contributed by atoms with Crippen molar-refractivity contribution in [2.24, 2.45) is 0 Å². The van der Waals surface area contributed by atoms with Crippen LogP contribution >= 0.6 is 22.7 Å². The van der Waals surface area contributed by atoms with Crippen LogP contribution in [0.25, 0.3) is 40.3 Å². The zero-order valence-electron chi connectivity index (χ0n) is 22.3. The first-order valence-electron chi connectivity index (χ1n) is 13.1. The monoisotopic (exact) mass is 541 g/mol. The van der Waals surface area contributed by atoms with E-state index >= 15 is 0 Å². The van der Waals surface area contributed by atoms with Gasteiger partial charge in [-0.25, -0.2) is 0 Å². The Morgan fingerprint density at radius 2 is 1.10 bits per heavy atom. The minimum absolute atomic E-state index is 0.121. The number of fused-ring (bicyclic) bond motifs is 5. The van der Waals surface area contributed by atoms with E-state index in [0.29, 0.717) is 0 Å². The highest BCUT2D eigenvalue weighted by Gasteiger charge is 2.19. The molecule has 0 saturated carbocycles. The molecule has 0 aliphatic rings. The van der Waals surface area contributed by atoms with E-state index < -0.39 is 0 Å². The van der Waals surface area contributed by atoms with Crippen molar-refractivity contribution in [3.63, 3.8) is 0 Å². The standard InChI is InChI=1S/C35H27NOS2/c1-20-9-13-29(22(3)15-20)36(30-14-10-21(2)16-23(30)4)24-11-12-25-27-18-34-28(19-33(27)39-32(25)17-24)35(37)26-7-5-6-8-31(26)38-34/h5-19H,1-4H3. The van der Waals surface area contributed by atoms with Crippen molar-refractivity contribution >= 4 is 80.1 Å². The number of benzene rings is 5. The number of aryl methyl sites for hydroxylation is 4. The van der Waals surface area contributed by atoms with Crippen LogP contribution in [0.4, 0.5) is 17.1 Å². The maximum atomic E-state index is 13.3. The Morgan fingerprint density at radius 3 is 1.79 bits per heavy atom. The van der Waals surface area contributed by atoms with E-state index in [2.05, 4.69) is 99.3 Å². The first-order valence-corrected chi connectivity index (χ1v) is 14.8. The van der Waals surface area contributed by atoms with Crippen LogP contribution in [0.3, 0.4) is 0 Å². The molecule has 2 heterocycles. The van der Waals surface area contributed by atoms with Crippen LogP contribution in [-0.4, -0.2) is 0 Å². The molecule has 0 amide bonds. The van der Waals surface area contributed by atoms with Crippen molar-refractivity contribution in [3.05, 3.63) is 123 Å². The maximum Gasteiger partial charge on any atom is 0.195 e. The normalized spacial score (nSPS) is 11.7. The summed E-state index contributed by atoms with van der Waals surface area (Å²) in [5.74, 6) is 0. The predicted octanol–water partition coefficient (Wildman–Crippen LogP) is 10.5. The number of hydrogen-bond donors (Lipinski definition) is 0. The minimum atomic E-state index is 0.121. The molecule has 2 nitrogen and oxygen atoms in total. The molecule has 0 fully saturated rings. The van der Waals surface area contributed by atoms with Gasteiger partial charge in [0.2, 0.25) is 0 Å². The highest BCUT2D eigenvalue weighted by atomic mass is 32.1. The lowest BCUT2D eigenvalue weighted by Gasteiger charge is -2.29. The summed E-state index contributed by atoms with van der Waals surface area (Å²) >= 11 is 3.46. The largest absolute Gasteiger partial charge is 0.310 e. The number of hydrogen-bond acceptors (Lipinski definition) is 4. The Bertz CT molecular complexity index is 2100. The molecule has 190 valence electrons. The van der Waals surface area contributed by atoms with Crippen LogP contribution in [0.1, 0.15) is 22.3 Å². The van der Waals surface area contributed by atoms with Gasteiger partial charge in [-0.05, 0) is 87.4 Å². The van der Waals surface area contributed by atoms with E-state index in [-0.39, 0.29) is 5.43 Å². The Labute approximate surface area is 235 Å². The van der Waals surface area contributed by atoms with Crippen molar-refractivity contribution in [3.8, 4) is 0 Å². The Kier molecular flexibility index (Phi) is 5.58. The van der Waals surface area contributed by atoms with Gasteiger partial charge in [0.25, 0.3) is 0 Å². The molecule has 39 heavy (non-hydrogen) atoms. The molecule has 0 spiro atoms. The van der Waals surface area contributed by atoms with Crippen LogP contribution in [-0.2, 0) is 0 Å². The summed E-state index contributed by atoms with van der Waals surface area (Å²) in [6.45, 7) is 8.66. The fourth-order valence-corrected chi connectivity index (χ4v) is 7.97. The molecule has 0 aliphatic heterocycles. The molecule has 2 aromatic heterocycles. The molecular weight excluding hydrogens is 515 g/mol. The maximum absolute atomic E-state index is 13.3. The number of thiophene rings is 1. The van der Waals surface area contributed by atoms with Crippen molar-refractivity contribution in [2.45, 2.75) is 27.7 Å². The highest BCUT2D eigenvalue weighted by molar-refractivity contribution is 7.27. The molecule has 0 saturated heterocycles. The van der Waals surface area contributed by atoms with Gasteiger partial charge in [0, 0.05) is 57.4 Å². The van der Waals surface area contributed by atoms with Crippen LogP contribution in [0.15, 0.2) is 95.8 Å². The third-order valence-corrected chi connectivity index (χ3v) is 9.85. The van der Waals surface area contributed by atoms with Crippen LogP contribution < -0.4 is 10.3 Å². The van der Waals surface area contributed by atoms with Gasteiger partial charge in [-0.3, -0.25) is 4.79 Å². The lowest BCUT2D eigenvalue weighted by molar-refractivity contribution is 1.21. The van der Waals surface area contributed by atoms with Gasteiger partial charge in [-0.2, -0.15) is 0 Å². The molecule has 4 heteroatoms. The summed E-state index contributed by atoms with van der Waals surface area (Å²) in [7, 11) is 0. The van der Waals surface area contributed by atoms with Crippen molar-refractivity contribution in [2.75, 3.05) is 4.90 Å². The second kappa shape index (κ2) is 9.04. The second-order valence-corrected chi connectivity index (χ2v) is 12.6. The number of rotatable bonds is 3.